The van der Waals surface area contributed by atoms with Gasteiger partial charge >= 0.3 is 0 Å². The van der Waals surface area contributed by atoms with Gasteiger partial charge in [-0.3, -0.25) is 9.69 Å². The molecule has 0 amide bonds. The van der Waals surface area contributed by atoms with E-state index in [1.807, 2.05) is 24.3 Å². The molecule has 0 aromatic heterocycles. The van der Waals surface area contributed by atoms with Gasteiger partial charge < -0.3 is 4.74 Å². The van der Waals surface area contributed by atoms with Crippen LogP contribution >= 0.6 is 0 Å². The number of benzene rings is 1. The smallest absolute Gasteiger partial charge is 0.153 e. The number of carbonyl (C=O) groups excluding carboxylic acids is 1. The average molecular weight is 291 g/mol. The molecular weight excluding hydrogens is 262 g/mol. The van der Waals surface area contributed by atoms with Gasteiger partial charge in [-0.05, 0) is 50.6 Å². The molecule has 1 aromatic rings. The highest BCUT2D eigenvalue weighted by molar-refractivity contribution is 5.88. The van der Waals surface area contributed by atoms with Crippen LogP contribution in [0.25, 0.3) is 0 Å². The van der Waals surface area contributed by atoms with Crippen LogP contribution in [0, 0.1) is 0 Å². The molecule has 1 aromatic carbocycles. The van der Waals surface area contributed by atoms with Gasteiger partial charge in [0.1, 0.15) is 5.75 Å². The van der Waals surface area contributed by atoms with Gasteiger partial charge in [0.2, 0.25) is 0 Å². The first-order valence-corrected chi connectivity index (χ1v) is 7.93. The van der Waals surface area contributed by atoms with E-state index in [-0.39, 0.29) is 5.54 Å². The van der Waals surface area contributed by atoms with Crippen molar-refractivity contribution in [3.8, 4) is 5.75 Å². The Labute approximate surface area is 129 Å². The highest BCUT2D eigenvalue weighted by Crippen LogP contribution is 2.23. The molecule has 0 N–H and O–H groups in total. The summed E-state index contributed by atoms with van der Waals surface area (Å²) in [6, 6.07) is 7.96. The minimum absolute atomic E-state index is 0.337. The van der Waals surface area contributed by atoms with Crippen molar-refractivity contribution in [1.29, 1.82) is 0 Å². The highest BCUT2D eigenvalue weighted by Gasteiger charge is 2.35. The molecule has 1 rings (SSSR count). The normalized spacial score (nSPS) is 14.0. The molecule has 3 heteroatoms. The first kappa shape index (κ1) is 17.7. The number of rotatable bonds is 9. The van der Waals surface area contributed by atoms with Crippen molar-refractivity contribution in [2.75, 3.05) is 20.2 Å². The van der Waals surface area contributed by atoms with Gasteiger partial charge in [-0.1, -0.05) is 32.9 Å². The summed E-state index contributed by atoms with van der Waals surface area (Å²) in [5.74, 6) is 1.19. The number of hydrogen-bond donors (Lipinski definition) is 0. The van der Waals surface area contributed by atoms with Crippen molar-refractivity contribution in [1.82, 2.24) is 4.90 Å². The summed E-state index contributed by atoms with van der Waals surface area (Å²) in [5, 5.41) is 0. The van der Waals surface area contributed by atoms with Crippen molar-refractivity contribution in [2.45, 2.75) is 52.5 Å². The van der Waals surface area contributed by atoms with E-state index in [2.05, 4.69) is 32.6 Å². The van der Waals surface area contributed by atoms with E-state index in [4.69, 9.17) is 4.74 Å². The van der Waals surface area contributed by atoms with Gasteiger partial charge in [-0.15, -0.1) is 0 Å². The number of hydrogen-bond acceptors (Lipinski definition) is 3. The zero-order valence-corrected chi connectivity index (χ0v) is 14.1. The molecule has 21 heavy (non-hydrogen) atoms. The van der Waals surface area contributed by atoms with Crippen LogP contribution in [-0.2, 0) is 11.2 Å². The molecule has 0 aliphatic carbocycles. The predicted octanol–water partition coefficient (Wildman–Crippen LogP) is 3.71. The van der Waals surface area contributed by atoms with Gasteiger partial charge in [0.25, 0.3) is 0 Å². The Kier molecular flexibility index (Phi) is 6.90. The van der Waals surface area contributed by atoms with Crippen LogP contribution in [0.5, 0.6) is 5.75 Å². The maximum atomic E-state index is 12.7. The van der Waals surface area contributed by atoms with Crippen LogP contribution < -0.4 is 4.74 Å². The molecule has 0 bridgehead atoms. The minimum atomic E-state index is -0.337. The second kappa shape index (κ2) is 8.18. The van der Waals surface area contributed by atoms with E-state index < -0.39 is 0 Å². The van der Waals surface area contributed by atoms with E-state index in [1.54, 1.807) is 7.11 Å². The summed E-state index contributed by atoms with van der Waals surface area (Å²) in [7, 11) is 1.66. The Morgan fingerprint density at radius 3 is 2.14 bits per heavy atom. The maximum Gasteiger partial charge on any atom is 0.153 e. The predicted molar refractivity (Wildman–Crippen MR) is 87.9 cm³/mol. The highest BCUT2D eigenvalue weighted by atomic mass is 16.5. The molecule has 1 atom stereocenters. The Hall–Kier alpha value is -1.35. The number of nitrogens with zero attached hydrogens (tertiary/aromatic N) is 1. The average Bonchev–Trinajstić information content (AvgIpc) is 2.53. The monoisotopic (exact) mass is 291 g/mol. The standard InChI is InChI=1S/C18H29NO2/c1-6-18(4,19(7-2)8-3)17(20)14-11-15-9-12-16(21-5)13-10-15/h9-10,12-13H,6-8,11,14H2,1-5H3. The number of ketones is 1. The summed E-state index contributed by atoms with van der Waals surface area (Å²) in [4.78, 5) is 15.0. The van der Waals surface area contributed by atoms with Gasteiger partial charge in [0.05, 0.1) is 12.6 Å². The number of methoxy groups -OCH3 is 1. The van der Waals surface area contributed by atoms with E-state index in [0.29, 0.717) is 12.2 Å². The van der Waals surface area contributed by atoms with Crippen molar-refractivity contribution in [3.63, 3.8) is 0 Å². The zero-order chi connectivity index (χ0) is 15.9. The molecule has 0 fully saturated rings. The third-order valence-electron chi connectivity index (χ3n) is 4.55. The molecule has 3 nitrogen and oxygen atoms in total. The van der Waals surface area contributed by atoms with Crippen LogP contribution in [0.1, 0.15) is 46.1 Å². The molecule has 0 radical (unpaired) electrons. The summed E-state index contributed by atoms with van der Waals surface area (Å²) in [6.45, 7) is 10.2. The Balaban J connectivity index is 2.69. The van der Waals surface area contributed by atoms with Crippen LogP contribution in [-0.4, -0.2) is 36.4 Å². The van der Waals surface area contributed by atoms with Gasteiger partial charge in [-0.25, -0.2) is 0 Å². The third kappa shape index (κ3) is 4.31. The largest absolute Gasteiger partial charge is 0.497 e. The molecule has 1 unspecified atom stereocenters. The molecule has 0 saturated carbocycles. The molecule has 0 heterocycles. The zero-order valence-electron chi connectivity index (χ0n) is 14.1. The number of Topliss-reactive ketones (excluding diaryl/α,β-unsaturated/α-hetero) is 1. The Bertz CT molecular complexity index is 437. The summed E-state index contributed by atoms with van der Waals surface area (Å²) < 4.78 is 5.15. The number of likely N-dealkylation sites (N-methyl/N-ethyl adjacent to an activating group) is 1. The second-order valence-corrected chi connectivity index (χ2v) is 5.57. The molecular formula is C18H29NO2. The fourth-order valence-corrected chi connectivity index (χ4v) is 2.84. The van der Waals surface area contributed by atoms with Crippen LogP contribution in [0.15, 0.2) is 24.3 Å². The second-order valence-electron chi connectivity index (χ2n) is 5.57. The molecule has 0 aliphatic rings. The van der Waals surface area contributed by atoms with Crippen molar-refractivity contribution >= 4 is 5.78 Å². The number of aryl methyl sites for hydroxylation is 1. The van der Waals surface area contributed by atoms with Gasteiger partial charge in [0, 0.05) is 6.42 Å². The fourth-order valence-electron chi connectivity index (χ4n) is 2.84. The van der Waals surface area contributed by atoms with E-state index in [0.717, 1.165) is 31.7 Å². The maximum absolute atomic E-state index is 12.7. The van der Waals surface area contributed by atoms with Crippen molar-refractivity contribution < 1.29 is 9.53 Å². The first-order chi connectivity index (χ1) is 10.0. The lowest BCUT2D eigenvalue weighted by atomic mass is 9.87. The van der Waals surface area contributed by atoms with E-state index in [9.17, 15) is 4.79 Å². The van der Waals surface area contributed by atoms with Crippen molar-refractivity contribution in [3.05, 3.63) is 29.8 Å². The quantitative estimate of drug-likeness (QED) is 0.694. The van der Waals surface area contributed by atoms with Gasteiger partial charge in [-0.2, -0.15) is 0 Å². The molecule has 118 valence electrons. The number of ether oxygens (including phenoxy) is 1. The van der Waals surface area contributed by atoms with Crippen molar-refractivity contribution in [2.24, 2.45) is 0 Å². The Morgan fingerprint density at radius 1 is 1.14 bits per heavy atom. The SMILES string of the molecule is CCN(CC)C(C)(CC)C(=O)CCc1ccc(OC)cc1. The van der Waals surface area contributed by atoms with E-state index >= 15 is 0 Å². The first-order valence-electron chi connectivity index (χ1n) is 7.93. The molecule has 0 saturated heterocycles. The number of carbonyl (C=O) groups is 1. The lowest BCUT2D eigenvalue weighted by Crippen LogP contribution is -2.52. The lowest BCUT2D eigenvalue weighted by Gasteiger charge is -2.38. The topological polar surface area (TPSA) is 29.5 Å². The molecule has 0 spiro atoms. The Morgan fingerprint density at radius 2 is 1.71 bits per heavy atom. The lowest BCUT2D eigenvalue weighted by molar-refractivity contribution is -0.130. The third-order valence-corrected chi connectivity index (χ3v) is 4.55. The van der Waals surface area contributed by atoms with E-state index in [1.165, 1.54) is 5.56 Å². The minimum Gasteiger partial charge on any atom is -0.497 e. The summed E-state index contributed by atoms with van der Waals surface area (Å²) >= 11 is 0. The van der Waals surface area contributed by atoms with Crippen LogP contribution in [0.4, 0.5) is 0 Å². The molecule has 0 aliphatic heterocycles. The summed E-state index contributed by atoms with van der Waals surface area (Å²) in [6.07, 6.45) is 2.24. The van der Waals surface area contributed by atoms with Gasteiger partial charge in [0.15, 0.2) is 5.78 Å². The fraction of sp³-hybridized carbons (Fsp3) is 0.611. The van der Waals surface area contributed by atoms with Crippen LogP contribution in [0.3, 0.4) is 0 Å². The van der Waals surface area contributed by atoms with Crippen LogP contribution in [0.2, 0.25) is 0 Å². The summed E-state index contributed by atoms with van der Waals surface area (Å²) in [5.41, 5.74) is 0.845.